The number of hydrogen-bond donors (Lipinski definition) is 0. The average Bonchev–Trinajstić information content (AvgIpc) is 2.94. The Kier molecular flexibility index (Phi) is 7.26. The van der Waals surface area contributed by atoms with Crippen LogP contribution in [0.25, 0.3) is 0 Å². The van der Waals surface area contributed by atoms with Crippen molar-refractivity contribution in [3.8, 4) is 0 Å². The van der Waals surface area contributed by atoms with E-state index in [4.69, 9.17) is 11.7 Å². The van der Waals surface area contributed by atoms with E-state index in [9.17, 15) is 9.59 Å². The Labute approximate surface area is 150 Å². The summed E-state index contributed by atoms with van der Waals surface area (Å²) < 4.78 is 11.2. The van der Waals surface area contributed by atoms with Crippen molar-refractivity contribution in [2.75, 3.05) is 7.11 Å². The molecule has 24 heavy (non-hydrogen) atoms. The van der Waals surface area contributed by atoms with E-state index >= 15 is 0 Å². The van der Waals surface area contributed by atoms with Gasteiger partial charge in [-0.1, -0.05) is 0 Å². The van der Waals surface area contributed by atoms with Gasteiger partial charge in [-0.3, -0.25) is 0 Å². The summed E-state index contributed by atoms with van der Waals surface area (Å²) in [6.07, 6.45) is 9.29. The number of carbonyl (C=O) groups excluding carboxylic acids is 2. The number of rotatable bonds is 3. The molecule has 0 saturated carbocycles. The molecular formula is C18H26O5Ti. The quantitative estimate of drug-likeness (QED) is 0.714. The number of allylic oxidation sites excluding steroid dienone is 4. The molecule has 0 fully saturated rings. The van der Waals surface area contributed by atoms with Crippen LogP contribution in [-0.4, -0.2) is 19.0 Å². The zero-order chi connectivity index (χ0) is 17.7. The fraction of sp³-hybridized carbons (Fsp3) is 0.667. The van der Waals surface area contributed by atoms with Crippen LogP contribution in [0.3, 0.4) is 0 Å². The van der Waals surface area contributed by atoms with Crippen LogP contribution >= 0.6 is 0 Å². The predicted octanol–water partition coefficient (Wildman–Crippen LogP) is 3.08. The Morgan fingerprint density at radius 2 is 1.54 bits per heavy atom. The van der Waals surface area contributed by atoms with Crippen LogP contribution in [0.15, 0.2) is 22.3 Å². The van der Waals surface area contributed by atoms with Crippen LogP contribution in [0.2, 0.25) is 4.22 Å². The van der Waals surface area contributed by atoms with Gasteiger partial charge < -0.3 is 5.11 Å². The minimum absolute atomic E-state index is 0.196. The summed E-state index contributed by atoms with van der Waals surface area (Å²) in [5, 5.41) is 8.25. The molecule has 0 amide bonds. The zero-order valence-electron chi connectivity index (χ0n) is 14.8. The third-order valence-electron chi connectivity index (χ3n) is 4.85. The van der Waals surface area contributed by atoms with Crippen LogP contribution in [0.4, 0.5) is 0 Å². The van der Waals surface area contributed by atoms with E-state index < -0.39 is 18.6 Å². The first-order valence-electron chi connectivity index (χ1n) is 8.64. The molecule has 0 heterocycles. The predicted molar refractivity (Wildman–Crippen MR) is 84.2 cm³/mol. The normalized spacial score (nSPS) is 22.1. The minimum atomic E-state index is -2.66. The van der Waals surface area contributed by atoms with E-state index in [2.05, 4.69) is 0 Å². The Morgan fingerprint density at radius 3 is 2.17 bits per heavy atom. The van der Waals surface area contributed by atoms with Gasteiger partial charge >= 0.3 is 139 Å². The van der Waals surface area contributed by atoms with Crippen molar-refractivity contribution in [1.29, 1.82) is 0 Å². The molecule has 0 aromatic rings. The van der Waals surface area contributed by atoms with Gasteiger partial charge in [0.15, 0.2) is 0 Å². The van der Waals surface area contributed by atoms with Gasteiger partial charge in [0.25, 0.3) is 0 Å². The van der Waals surface area contributed by atoms with Crippen molar-refractivity contribution in [3.63, 3.8) is 0 Å². The van der Waals surface area contributed by atoms with Gasteiger partial charge in [0.1, 0.15) is 0 Å². The SMILES string of the molecule is CC(=O)[O][Ti+]([O]C(C)=O)[CH]1CCCC2=C1CC1=C2CCCC1.C[O-]. The molecule has 132 valence electrons. The topological polar surface area (TPSA) is 75.7 Å². The number of carbonyl (C=O) groups is 2. The van der Waals surface area contributed by atoms with E-state index in [0.29, 0.717) is 0 Å². The molecule has 1 unspecified atom stereocenters. The maximum absolute atomic E-state index is 11.4. The Hall–Kier alpha value is -0.906. The summed E-state index contributed by atoms with van der Waals surface area (Å²) in [7, 11) is 0.750. The molecule has 0 bridgehead atoms. The molecule has 0 spiro atoms. The molecule has 0 saturated heterocycles. The second-order valence-electron chi connectivity index (χ2n) is 6.42. The smallest absolute Gasteiger partial charge is 0.153 e. The van der Waals surface area contributed by atoms with Gasteiger partial charge in [-0.15, -0.1) is 0 Å². The van der Waals surface area contributed by atoms with Crippen molar-refractivity contribution >= 4 is 11.9 Å². The molecular weight excluding hydrogens is 344 g/mol. The van der Waals surface area contributed by atoms with E-state index in [-0.39, 0.29) is 16.2 Å². The van der Waals surface area contributed by atoms with Gasteiger partial charge in [-0.25, -0.2) is 0 Å². The van der Waals surface area contributed by atoms with Crippen LogP contribution in [-0.2, 0) is 34.9 Å². The van der Waals surface area contributed by atoms with Crippen LogP contribution in [0.1, 0.15) is 65.2 Å². The number of fused-ring (bicyclic) bond motifs is 1. The molecule has 3 rings (SSSR count). The molecule has 3 aliphatic rings. The third-order valence-corrected chi connectivity index (χ3v) is 8.26. The van der Waals surface area contributed by atoms with Gasteiger partial charge in [0.05, 0.1) is 0 Å². The molecule has 5 nitrogen and oxygen atoms in total. The molecule has 1 atom stereocenters. The van der Waals surface area contributed by atoms with Crippen LogP contribution < -0.4 is 5.11 Å². The average molecular weight is 370 g/mol. The maximum atomic E-state index is 11.4. The van der Waals surface area contributed by atoms with E-state index in [1.54, 1.807) is 11.1 Å². The summed E-state index contributed by atoms with van der Waals surface area (Å²) in [6, 6.07) is 0. The third kappa shape index (κ3) is 4.38. The van der Waals surface area contributed by atoms with Crippen molar-refractivity contribution < 1.29 is 40.0 Å². The summed E-state index contributed by atoms with van der Waals surface area (Å²) in [5.74, 6) is -0.639. The first kappa shape index (κ1) is 19.4. The Morgan fingerprint density at radius 1 is 0.958 bits per heavy atom. The van der Waals surface area contributed by atoms with E-state index in [1.165, 1.54) is 50.7 Å². The largest absolute Gasteiger partial charge is 0.857 e. The monoisotopic (exact) mass is 370 g/mol. The minimum Gasteiger partial charge on any atom is -0.857 e. The second kappa shape index (κ2) is 8.98. The Balaban J connectivity index is 0.00000100. The summed E-state index contributed by atoms with van der Waals surface area (Å²) >= 11 is -2.66. The fourth-order valence-corrected chi connectivity index (χ4v) is 7.02. The molecule has 0 radical (unpaired) electrons. The molecule has 3 aliphatic carbocycles. The number of hydrogen-bond acceptors (Lipinski definition) is 5. The molecule has 0 aromatic heterocycles. The van der Waals surface area contributed by atoms with Crippen molar-refractivity contribution in [3.05, 3.63) is 22.3 Å². The molecule has 6 heteroatoms. The summed E-state index contributed by atoms with van der Waals surface area (Å²) in [6.45, 7) is 2.82. The summed E-state index contributed by atoms with van der Waals surface area (Å²) in [5.41, 5.74) is 6.16. The Bertz CT molecular complexity index is 548. The van der Waals surface area contributed by atoms with Gasteiger partial charge in [-0.05, 0) is 0 Å². The molecule has 0 aromatic carbocycles. The fourth-order valence-electron chi connectivity index (χ4n) is 4.07. The van der Waals surface area contributed by atoms with E-state index in [1.807, 2.05) is 0 Å². The zero-order valence-corrected chi connectivity index (χ0v) is 16.3. The van der Waals surface area contributed by atoms with E-state index in [0.717, 1.165) is 32.8 Å². The van der Waals surface area contributed by atoms with Gasteiger partial charge in [0.2, 0.25) is 0 Å². The first-order valence-corrected chi connectivity index (χ1v) is 10.8. The first-order chi connectivity index (χ1) is 11.6. The molecule has 0 N–H and O–H groups in total. The van der Waals surface area contributed by atoms with Crippen molar-refractivity contribution in [2.24, 2.45) is 0 Å². The van der Waals surface area contributed by atoms with Gasteiger partial charge in [-0.2, -0.15) is 7.11 Å². The maximum Gasteiger partial charge on any atom is -0.153 e. The molecule has 0 aliphatic heterocycles. The van der Waals surface area contributed by atoms with Crippen LogP contribution in [0.5, 0.6) is 0 Å². The standard InChI is InChI=1S/C13H17.2C2H4O2.CH3O.Ti/c1-3-7-12-10(5-1)9-11-6-2-4-8-13(11)12;2*1-2(3)4;1-2;/h5H,1-4,6-9H2;2*1H3,(H,3,4);1H3;/q;;;-1;+3/p-2. The second-order valence-corrected chi connectivity index (χ2v) is 9.14. The van der Waals surface area contributed by atoms with Crippen molar-refractivity contribution in [1.82, 2.24) is 0 Å². The summed E-state index contributed by atoms with van der Waals surface area (Å²) in [4.78, 5) is 22.8. The van der Waals surface area contributed by atoms with Crippen LogP contribution in [0, 0.1) is 0 Å². The van der Waals surface area contributed by atoms with Gasteiger partial charge in [0, 0.05) is 0 Å². The van der Waals surface area contributed by atoms with Crippen molar-refractivity contribution in [2.45, 2.75) is 69.4 Å².